The van der Waals surface area contributed by atoms with E-state index in [1.807, 2.05) is 0 Å². The van der Waals surface area contributed by atoms with Gasteiger partial charge < -0.3 is 5.32 Å². The summed E-state index contributed by atoms with van der Waals surface area (Å²) in [5.74, 6) is 1.83. The summed E-state index contributed by atoms with van der Waals surface area (Å²) in [6.07, 6.45) is 2.25. The smallest absolute Gasteiger partial charge is 0.145 e. The molecule has 3 aliphatic rings. The van der Waals surface area contributed by atoms with E-state index in [2.05, 4.69) is 192 Å². The van der Waals surface area contributed by atoms with E-state index in [-0.39, 0.29) is 6.04 Å². The van der Waals surface area contributed by atoms with E-state index in [1.165, 1.54) is 38.9 Å². The number of aliphatic imine (C=N–C) groups is 1. The monoisotopic (exact) mass is 664 g/mol. The van der Waals surface area contributed by atoms with Crippen LogP contribution in [0, 0.1) is 0 Å². The maximum atomic E-state index is 5.39. The van der Waals surface area contributed by atoms with Gasteiger partial charge in [0.15, 0.2) is 0 Å². The van der Waals surface area contributed by atoms with Crippen LogP contribution >= 0.6 is 0 Å². The minimum atomic E-state index is -0.561. The summed E-state index contributed by atoms with van der Waals surface area (Å²) in [5.41, 5.74) is 15.7. The fourth-order valence-electron chi connectivity index (χ4n) is 8.97. The van der Waals surface area contributed by atoms with Gasteiger partial charge in [0.2, 0.25) is 0 Å². The summed E-state index contributed by atoms with van der Waals surface area (Å²) in [6.45, 7) is 0. The molecule has 2 unspecified atom stereocenters. The first-order valence-corrected chi connectivity index (χ1v) is 17.9. The fraction of sp³-hybridized carbons (Fsp3) is 0.0417. The molecular formula is C48H32N4. The van der Waals surface area contributed by atoms with E-state index in [9.17, 15) is 0 Å². The highest BCUT2D eigenvalue weighted by molar-refractivity contribution is 6.11. The van der Waals surface area contributed by atoms with Crippen molar-refractivity contribution in [2.24, 2.45) is 4.99 Å². The Bertz CT molecular complexity index is 2760. The summed E-state index contributed by atoms with van der Waals surface area (Å²) < 4.78 is 2.39. The van der Waals surface area contributed by atoms with Crippen molar-refractivity contribution in [2.45, 2.75) is 11.5 Å². The van der Waals surface area contributed by atoms with Gasteiger partial charge in [-0.25, -0.2) is 9.98 Å². The quantitative estimate of drug-likeness (QED) is 0.203. The Balaban J connectivity index is 1.20. The highest BCUT2D eigenvalue weighted by atomic mass is 15.1. The van der Waals surface area contributed by atoms with E-state index < -0.39 is 5.41 Å². The molecule has 1 N–H and O–H groups in total. The molecule has 0 amide bonds. The number of nitrogens with zero attached hydrogens (tertiary/aromatic N) is 3. The number of fused-ring (bicyclic) bond motifs is 9. The fourth-order valence-corrected chi connectivity index (χ4v) is 8.97. The van der Waals surface area contributed by atoms with Gasteiger partial charge in [0.05, 0.1) is 33.9 Å². The van der Waals surface area contributed by atoms with Crippen molar-refractivity contribution in [1.82, 2.24) is 14.9 Å². The predicted molar refractivity (Wildman–Crippen MR) is 211 cm³/mol. The van der Waals surface area contributed by atoms with Crippen LogP contribution in [0.4, 0.5) is 0 Å². The molecule has 0 radical (unpaired) electrons. The Morgan fingerprint density at radius 2 is 1.13 bits per heavy atom. The van der Waals surface area contributed by atoms with Crippen LogP contribution in [-0.2, 0) is 5.41 Å². The lowest BCUT2D eigenvalue weighted by Gasteiger charge is -2.39. The lowest BCUT2D eigenvalue weighted by molar-refractivity contribution is 0.745. The first-order valence-electron chi connectivity index (χ1n) is 17.9. The third-order valence-electron chi connectivity index (χ3n) is 11.1. The van der Waals surface area contributed by atoms with Crippen molar-refractivity contribution in [3.63, 3.8) is 0 Å². The zero-order chi connectivity index (χ0) is 34.2. The SMILES string of the molecule is C1=C(c2ccccc2)N=C(c2cccc3c2-c2ccccc2C32c3ccccc3-n3c(-c4ccccc4)nc4cccc2c43)NC1c1ccccc1. The number of aromatic nitrogens is 2. The third kappa shape index (κ3) is 3.97. The predicted octanol–water partition coefficient (Wildman–Crippen LogP) is 10.5. The van der Waals surface area contributed by atoms with E-state index >= 15 is 0 Å². The topological polar surface area (TPSA) is 42.2 Å². The Kier molecular flexibility index (Phi) is 6.20. The Labute approximate surface area is 302 Å². The van der Waals surface area contributed by atoms with E-state index in [4.69, 9.17) is 9.98 Å². The molecule has 52 heavy (non-hydrogen) atoms. The van der Waals surface area contributed by atoms with Gasteiger partial charge in [-0.2, -0.15) is 0 Å². The molecule has 4 nitrogen and oxygen atoms in total. The highest BCUT2D eigenvalue weighted by Gasteiger charge is 2.51. The number of para-hydroxylation sites is 2. The van der Waals surface area contributed by atoms with Crippen molar-refractivity contribution in [3.05, 3.63) is 221 Å². The molecule has 0 fully saturated rings. The van der Waals surface area contributed by atoms with Crippen LogP contribution in [0.15, 0.2) is 187 Å². The van der Waals surface area contributed by atoms with Crippen molar-refractivity contribution in [3.8, 4) is 28.2 Å². The third-order valence-corrected chi connectivity index (χ3v) is 11.1. The number of amidine groups is 1. The molecule has 0 saturated carbocycles. The van der Waals surface area contributed by atoms with Gasteiger partial charge >= 0.3 is 0 Å². The molecule has 1 aromatic heterocycles. The van der Waals surface area contributed by atoms with E-state index in [0.717, 1.165) is 50.8 Å². The van der Waals surface area contributed by atoms with Crippen LogP contribution in [-0.4, -0.2) is 15.4 Å². The zero-order valence-electron chi connectivity index (χ0n) is 28.2. The lowest BCUT2D eigenvalue weighted by Crippen LogP contribution is -2.34. The van der Waals surface area contributed by atoms with Crippen molar-refractivity contribution in [2.75, 3.05) is 0 Å². The Morgan fingerprint density at radius 3 is 1.94 bits per heavy atom. The van der Waals surface area contributed by atoms with Gasteiger partial charge in [-0.1, -0.05) is 164 Å². The molecular weight excluding hydrogens is 633 g/mol. The average molecular weight is 665 g/mol. The van der Waals surface area contributed by atoms with Gasteiger partial charge in [-0.3, -0.25) is 4.57 Å². The minimum absolute atomic E-state index is 0.0414. The molecule has 2 atom stereocenters. The number of rotatable bonds is 4. The van der Waals surface area contributed by atoms with Gasteiger partial charge in [0.25, 0.3) is 0 Å². The maximum Gasteiger partial charge on any atom is 0.145 e. The van der Waals surface area contributed by atoms with Crippen LogP contribution in [0.2, 0.25) is 0 Å². The number of benzene rings is 7. The summed E-state index contributed by atoms with van der Waals surface area (Å²) >= 11 is 0. The van der Waals surface area contributed by atoms with Crippen LogP contribution in [0.25, 0.3) is 44.9 Å². The molecule has 11 rings (SSSR count). The second kappa shape index (κ2) is 11.1. The van der Waals surface area contributed by atoms with E-state index in [0.29, 0.717) is 0 Å². The van der Waals surface area contributed by atoms with Gasteiger partial charge in [-0.15, -0.1) is 0 Å². The van der Waals surface area contributed by atoms with Crippen LogP contribution in [0.3, 0.4) is 0 Å². The van der Waals surface area contributed by atoms with Crippen molar-refractivity contribution in [1.29, 1.82) is 0 Å². The molecule has 3 heterocycles. The van der Waals surface area contributed by atoms with Gasteiger partial charge in [0, 0.05) is 11.1 Å². The molecule has 4 heteroatoms. The van der Waals surface area contributed by atoms with Gasteiger partial charge in [0.1, 0.15) is 11.7 Å². The van der Waals surface area contributed by atoms with Crippen LogP contribution in [0.5, 0.6) is 0 Å². The highest BCUT2D eigenvalue weighted by Crippen LogP contribution is 2.61. The summed E-state index contributed by atoms with van der Waals surface area (Å²) in [7, 11) is 0. The van der Waals surface area contributed by atoms with Crippen LogP contribution in [0.1, 0.15) is 45.0 Å². The number of imidazole rings is 1. The maximum absolute atomic E-state index is 5.39. The Hall–Kier alpha value is -6.78. The summed E-state index contributed by atoms with van der Waals surface area (Å²) in [6, 6.07) is 63.0. The van der Waals surface area contributed by atoms with Crippen molar-refractivity contribution >= 4 is 22.6 Å². The van der Waals surface area contributed by atoms with Gasteiger partial charge in [-0.05, 0) is 62.7 Å². The molecule has 1 spiro atoms. The molecule has 244 valence electrons. The lowest BCUT2D eigenvalue weighted by atomic mass is 9.65. The number of nitrogens with one attached hydrogen (secondary N) is 1. The van der Waals surface area contributed by atoms with E-state index in [1.54, 1.807) is 0 Å². The largest absolute Gasteiger partial charge is 0.359 e. The normalized spacial score (nSPS) is 17.9. The first kappa shape index (κ1) is 29.0. The molecule has 8 aromatic rings. The molecule has 0 saturated heterocycles. The summed E-state index contributed by atoms with van der Waals surface area (Å²) in [4.78, 5) is 10.7. The minimum Gasteiger partial charge on any atom is -0.359 e. The standard InChI is InChI=1S/C48H32N4/c1-4-16-31(17-5-1)41-30-42(32-18-6-2-7-19-32)50-46(49-41)35-23-14-26-38-44(35)34-22-10-11-24-36(34)48(38)37-25-12-13-29-43(37)52-45-39(48)27-15-28-40(45)51-47(52)33-20-8-3-9-21-33/h1-30,41H,(H,49,50). The number of hydrogen-bond donors (Lipinski definition) is 1. The molecule has 0 bridgehead atoms. The first-order chi connectivity index (χ1) is 25.8. The van der Waals surface area contributed by atoms with Crippen molar-refractivity contribution < 1.29 is 0 Å². The molecule has 1 aliphatic carbocycles. The number of hydrogen-bond acceptors (Lipinski definition) is 3. The average Bonchev–Trinajstić information content (AvgIpc) is 3.76. The Morgan fingerprint density at radius 1 is 0.519 bits per heavy atom. The second-order valence-corrected chi connectivity index (χ2v) is 13.8. The van der Waals surface area contributed by atoms with Crippen LogP contribution < -0.4 is 5.32 Å². The zero-order valence-corrected chi connectivity index (χ0v) is 28.2. The molecule has 2 aliphatic heterocycles. The molecule has 7 aromatic carbocycles. The summed E-state index contributed by atoms with van der Waals surface area (Å²) in [5, 5.41) is 3.87. The second-order valence-electron chi connectivity index (χ2n) is 13.8.